The van der Waals surface area contributed by atoms with Crippen LogP contribution in [0.5, 0.6) is 5.75 Å². The predicted octanol–water partition coefficient (Wildman–Crippen LogP) is 2.17. The second kappa shape index (κ2) is 7.66. The van der Waals surface area contributed by atoms with Crippen molar-refractivity contribution in [3.8, 4) is 5.75 Å². The third-order valence-corrected chi connectivity index (χ3v) is 10.2. The van der Waals surface area contributed by atoms with E-state index < -0.39 is 43.1 Å². The Bertz CT molecular complexity index is 1090. The van der Waals surface area contributed by atoms with Gasteiger partial charge in [-0.2, -0.15) is 4.31 Å². The van der Waals surface area contributed by atoms with E-state index in [-0.39, 0.29) is 11.7 Å². The van der Waals surface area contributed by atoms with Crippen molar-refractivity contribution in [1.29, 1.82) is 0 Å². The lowest BCUT2D eigenvalue weighted by molar-refractivity contribution is -0.152. The molecule has 0 aliphatic heterocycles. The van der Waals surface area contributed by atoms with E-state index in [4.69, 9.17) is 10.5 Å². The van der Waals surface area contributed by atoms with Gasteiger partial charge >= 0.3 is 0 Å². The number of rotatable bonds is 7. The molecular weight excluding hydrogens is 449 g/mol. The molecule has 0 spiro atoms. The number of ether oxygens (including phenoxy) is 1. The minimum Gasteiger partial charge on any atom is -0.495 e. The van der Waals surface area contributed by atoms with Gasteiger partial charge in [-0.1, -0.05) is 6.07 Å². The van der Waals surface area contributed by atoms with E-state index >= 15 is 0 Å². The molecule has 33 heavy (non-hydrogen) atoms. The van der Waals surface area contributed by atoms with Crippen molar-refractivity contribution in [3.63, 3.8) is 0 Å². The Morgan fingerprint density at radius 1 is 1.21 bits per heavy atom. The highest BCUT2D eigenvalue weighted by atomic mass is 32.2. The predicted molar refractivity (Wildman–Crippen MR) is 119 cm³/mol. The summed E-state index contributed by atoms with van der Waals surface area (Å²) in [4.78, 5) is 25.3. The number of carbonyl (C=O) groups is 2. The molecule has 4 saturated carbocycles. The number of nitrogens with zero attached hydrogens (tertiary/aromatic N) is 1. The summed E-state index contributed by atoms with van der Waals surface area (Å²) in [5.74, 6) is -1.28. The number of likely N-dealkylation sites (N-methyl/N-ethyl adjacent to an activating group) is 1. The Morgan fingerprint density at radius 2 is 1.82 bits per heavy atom. The Labute approximate surface area is 194 Å². The van der Waals surface area contributed by atoms with Crippen LogP contribution >= 0.6 is 0 Å². The van der Waals surface area contributed by atoms with Gasteiger partial charge in [0, 0.05) is 12.6 Å². The van der Waals surface area contributed by atoms with Crippen LogP contribution in [0.4, 0.5) is 4.39 Å². The van der Waals surface area contributed by atoms with Gasteiger partial charge in [-0.3, -0.25) is 9.59 Å². The van der Waals surface area contributed by atoms with Crippen molar-refractivity contribution in [1.82, 2.24) is 9.62 Å². The van der Waals surface area contributed by atoms with Crippen LogP contribution in [-0.4, -0.2) is 49.8 Å². The largest absolute Gasteiger partial charge is 0.495 e. The minimum absolute atomic E-state index is 0.137. The van der Waals surface area contributed by atoms with E-state index in [1.165, 1.54) is 40.1 Å². The van der Waals surface area contributed by atoms with E-state index in [0.717, 1.165) is 42.5 Å². The molecule has 2 unspecified atom stereocenters. The molecule has 4 aliphatic rings. The first-order valence-corrected chi connectivity index (χ1v) is 12.6. The summed E-state index contributed by atoms with van der Waals surface area (Å²) in [6, 6.07) is 3.75. The van der Waals surface area contributed by atoms with Gasteiger partial charge in [-0.25, -0.2) is 12.8 Å². The van der Waals surface area contributed by atoms with Crippen LogP contribution in [0.15, 0.2) is 23.1 Å². The number of methoxy groups -OCH3 is 1. The van der Waals surface area contributed by atoms with Crippen LogP contribution in [0.2, 0.25) is 0 Å². The third-order valence-electron chi connectivity index (χ3n) is 8.07. The molecule has 182 valence electrons. The second-order valence-corrected chi connectivity index (χ2v) is 12.5. The Hall–Kier alpha value is -2.20. The van der Waals surface area contributed by atoms with E-state index in [9.17, 15) is 22.4 Å². The fraction of sp³-hybridized carbons (Fsp3) is 0.652. The third kappa shape index (κ3) is 3.71. The molecule has 5 rings (SSSR count). The number of amides is 2. The molecule has 0 radical (unpaired) electrons. The lowest BCUT2D eigenvalue weighted by Gasteiger charge is -2.61. The second-order valence-electron chi connectivity index (χ2n) is 10.6. The molecule has 1 aromatic carbocycles. The highest BCUT2D eigenvalue weighted by Crippen LogP contribution is 2.61. The molecule has 2 atom stereocenters. The number of nitrogens with one attached hydrogen (secondary N) is 1. The van der Waals surface area contributed by atoms with E-state index in [2.05, 4.69) is 5.32 Å². The Balaban J connectivity index is 1.62. The fourth-order valence-corrected chi connectivity index (χ4v) is 8.25. The Morgan fingerprint density at radius 3 is 2.36 bits per heavy atom. The molecule has 8 nitrogen and oxygen atoms in total. The summed E-state index contributed by atoms with van der Waals surface area (Å²) in [7, 11) is -1.90. The van der Waals surface area contributed by atoms with Gasteiger partial charge in [-0.05, 0) is 76.3 Å². The monoisotopic (exact) mass is 481 g/mol. The first kappa shape index (κ1) is 23.9. The van der Waals surface area contributed by atoms with Crippen molar-refractivity contribution >= 4 is 21.8 Å². The van der Waals surface area contributed by atoms with Crippen molar-refractivity contribution < 1.29 is 27.1 Å². The van der Waals surface area contributed by atoms with Crippen LogP contribution in [0.3, 0.4) is 0 Å². The highest BCUT2D eigenvalue weighted by Gasteiger charge is 2.61. The number of carbonyl (C=O) groups excluding carboxylic acids is 2. The standard InChI is InChI=1S/C23H32FN3O5S/c1-21(2,27(3)33(30,31)18-16(24)6-5-7-17(18)32-4)20(29)26-23-11-14-8-15(12-23)10-22(9-14,13-23)19(25)28/h5-7,14-15H,8-13H2,1-4H3,(H2,25,28)(H,26,29). The van der Waals surface area contributed by atoms with Gasteiger partial charge < -0.3 is 15.8 Å². The van der Waals surface area contributed by atoms with Crippen molar-refractivity contribution in [2.24, 2.45) is 23.0 Å². The van der Waals surface area contributed by atoms with E-state index in [0.29, 0.717) is 18.3 Å². The zero-order valence-corrected chi connectivity index (χ0v) is 20.3. The summed E-state index contributed by atoms with van der Waals surface area (Å²) in [5.41, 5.74) is 3.06. The normalized spacial score (nSPS) is 31.0. The number of hydrogen-bond donors (Lipinski definition) is 2. The number of sulfonamides is 1. The molecule has 10 heteroatoms. The fourth-order valence-electron chi connectivity index (χ4n) is 6.57. The smallest absolute Gasteiger partial charge is 0.250 e. The van der Waals surface area contributed by atoms with Crippen molar-refractivity contribution in [2.75, 3.05) is 14.2 Å². The summed E-state index contributed by atoms with van der Waals surface area (Å²) >= 11 is 0. The number of nitrogens with two attached hydrogens (primary N) is 1. The van der Waals surface area contributed by atoms with Gasteiger partial charge in [0.2, 0.25) is 21.8 Å². The van der Waals surface area contributed by atoms with Gasteiger partial charge in [0.05, 0.1) is 12.5 Å². The highest BCUT2D eigenvalue weighted by molar-refractivity contribution is 7.89. The molecule has 4 fully saturated rings. The van der Waals surface area contributed by atoms with Crippen LogP contribution < -0.4 is 15.8 Å². The molecular formula is C23H32FN3O5S. The molecule has 4 bridgehead atoms. The summed E-state index contributed by atoms with van der Waals surface area (Å²) < 4.78 is 47.2. The summed E-state index contributed by atoms with van der Waals surface area (Å²) in [5, 5.41) is 3.11. The lowest BCUT2D eigenvalue weighted by atomic mass is 9.46. The average Bonchev–Trinajstić information content (AvgIpc) is 2.71. The zero-order valence-electron chi connectivity index (χ0n) is 19.5. The molecule has 2 amide bonds. The SMILES string of the molecule is COc1cccc(F)c1S(=O)(=O)N(C)C(C)(C)C(=O)NC12CC3CC(C1)CC(C(N)=O)(C3)C2. The first-order valence-electron chi connectivity index (χ1n) is 11.2. The van der Waals surface area contributed by atoms with Gasteiger partial charge in [0.1, 0.15) is 17.1 Å². The van der Waals surface area contributed by atoms with Crippen LogP contribution in [0, 0.1) is 23.1 Å². The number of primary amides is 1. The van der Waals surface area contributed by atoms with Gasteiger partial charge in [0.25, 0.3) is 0 Å². The topological polar surface area (TPSA) is 119 Å². The molecule has 3 N–H and O–H groups in total. The van der Waals surface area contributed by atoms with E-state index in [1.807, 2.05) is 0 Å². The number of hydrogen-bond acceptors (Lipinski definition) is 5. The summed E-state index contributed by atoms with van der Waals surface area (Å²) in [6.45, 7) is 2.97. The first-order chi connectivity index (χ1) is 15.3. The number of halogens is 1. The molecule has 1 aromatic rings. The molecule has 0 heterocycles. The Kier molecular flexibility index (Phi) is 5.56. The van der Waals surface area contributed by atoms with Crippen molar-refractivity contribution in [2.45, 2.75) is 68.3 Å². The average molecular weight is 482 g/mol. The van der Waals surface area contributed by atoms with Crippen LogP contribution in [0.25, 0.3) is 0 Å². The van der Waals surface area contributed by atoms with Crippen LogP contribution in [0.1, 0.15) is 52.4 Å². The van der Waals surface area contributed by atoms with Gasteiger partial charge in [-0.15, -0.1) is 0 Å². The molecule has 0 aromatic heterocycles. The number of benzene rings is 1. The quantitative estimate of drug-likeness (QED) is 0.619. The minimum atomic E-state index is -4.41. The van der Waals surface area contributed by atoms with Gasteiger partial charge in [0.15, 0.2) is 4.90 Å². The maximum Gasteiger partial charge on any atom is 0.250 e. The maximum absolute atomic E-state index is 14.6. The maximum atomic E-state index is 14.6. The summed E-state index contributed by atoms with van der Waals surface area (Å²) in [6.07, 6.45) is 4.50. The molecule has 0 saturated heterocycles. The van der Waals surface area contributed by atoms with E-state index in [1.54, 1.807) is 0 Å². The molecule has 4 aliphatic carbocycles. The zero-order chi connectivity index (χ0) is 24.4. The van der Waals surface area contributed by atoms with Crippen LogP contribution in [-0.2, 0) is 19.6 Å². The lowest BCUT2D eigenvalue weighted by Crippen LogP contribution is -2.68. The van der Waals surface area contributed by atoms with Crippen molar-refractivity contribution in [3.05, 3.63) is 24.0 Å².